The second-order valence-electron chi connectivity index (χ2n) is 7.26. The number of fused-ring (bicyclic) bond motifs is 1. The molecule has 2 aliphatic heterocycles. The van der Waals surface area contributed by atoms with Crippen molar-refractivity contribution in [2.45, 2.75) is 38.6 Å². The van der Waals surface area contributed by atoms with Gasteiger partial charge in [0.25, 0.3) is 0 Å². The molecule has 5 nitrogen and oxygen atoms in total. The van der Waals surface area contributed by atoms with E-state index in [1.165, 1.54) is 11.1 Å². The minimum absolute atomic E-state index is 0.0563. The Balaban J connectivity index is 1.53. The van der Waals surface area contributed by atoms with E-state index in [1.54, 1.807) is 0 Å². The molecule has 2 amide bonds. The number of nitrogens with zero attached hydrogens (tertiary/aromatic N) is 1. The van der Waals surface area contributed by atoms with E-state index in [2.05, 4.69) is 36.5 Å². The van der Waals surface area contributed by atoms with Crippen LogP contribution in [0.1, 0.15) is 42.9 Å². The SMILES string of the molecule is Cc1ccc([C@@H]2CCCCCN2C(=O)Nc2ccc3c(c2)OCCO3)cc1. The standard InChI is InChI=1S/C22H26N2O3/c1-16-6-8-17(9-7-16)19-5-3-2-4-12-24(19)22(25)23-18-10-11-20-21(15-18)27-14-13-26-20/h6-11,15,19H,2-5,12-14H2,1H3,(H,23,25)/t19-/m0/s1. The number of ether oxygens (including phenoxy) is 2. The molecule has 1 saturated heterocycles. The van der Waals surface area contributed by atoms with E-state index >= 15 is 0 Å². The number of anilines is 1. The summed E-state index contributed by atoms with van der Waals surface area (Å²) in [4.78, 5) is 15.1. The van der Waals surface area contributed by atoms with E-state index in [0.717, 1.165) is 43.7 Å². The summed E-state index contributed by atoms with van der Waals surface area (Å²) in [5.41, 5.74) is 3.18. The van der Waals surface area contributed by atoms with E-state index in [1.807, 2.05) is 23.1 Å². The summed E-state index contributed by atoms with van der Waals surface area (Å²) in [6, 6.07) is 14.2. The molecular weight excluding hydrogens is 340 g/mol. The third kappa shape index (κ3) is 4.02. The van der Waals surface area contributed by atoms with Crippen molar-refractivity contribution >= 4 is 11.7 Å². The number of hydrogen-bond donors (Lipinski definition) is 1. The molecule has 2 aromatic rings. The van der Waals surface area contributed by atoms with E-state index in [9.17, 15) is 4.79 Å². The topological polar surface area (TPSA) is 50.8 Å². The van der Waals surface area contributed by atoms with Gasteiger partial charge in [0, 0.05) is 18.3 Å². The van der Waals surface area contributed by atoms with E-state index < -0.39 is 0 Å². The number of carbonyl (C=O) groups excluding carboxylic acids is 1. The first-order chi connectivity index (χ1) is 13.2. The van der Waals surface area contributed by atoms with E-state index in [4.69, 9.17) is 9.47 Å². The zero-order valence-corrected chi connectivity index (χ0v) is 15.7. The molecule has 0 saturated carbocycles. The summed E-state index contributed by atoms with van der Waals surface area (Å²) in [5, 5.41) is 3.05. The maximum Gasteiger partial charge on any atom is 0.322 e. The van der Waals surface area contributed by atoms with Crippen LogP contribution in [0.15, 0.2) is 42.5 Å². The highest BCUT2D eigenvalue weighted by Gasteiger charge is 2.27. The van der Waals surface area contributed by atoms with Crippen LogP contribution in [-0.4, -0.2) is 30.7 Å². The van der Waals surface area contributed by atoms with Crippen molar-refractivity contribution in [3.05, 3.63) is 53.6 Å². The van der Waals surface area contributed by atoms with E-state index in [-0.39, 0.29) is 12.1 Å². The molecular formula is C22H26N2O3. The van der Waals surface area contributed by atoms with Gasteiger partial charge >= 0.3 is 6.03 Å². The molecule has 0 aromatic heterocycles. The molecule has 27 heavy (non-hydrogen) atoms. The van der Waals surface area contributed by atoms with Gasteiger partial charge in [0.05, 0.1) is 6.04 Å². The number of carbonyl (C=O) groups is 1. The molecule has 2 aromatic carbocycles. The molecule has 5 heteroatoms. The Labute approximate surface area is 160 Å². The number of nitrogens with one attached hydrogen (secondary N) is 1. The van der Waals surface area contributed by atoms with Crippen molar-refractivity contribution < 1.29 is 14.3 Å². The molecule has 0 spiro atoms. The van der Waals surface area contributed by atoms with Crippen molar-refractivity contribution in [2.75, 3.05) is 25.1 Å². The van der Waals surface area contributed by atoms with Crippen LogP contribution in [0.5, 0.6) is 11.5 Å². The third-order valence-electron chi connectivity index (χ3n) is 5.27. The summed E-state index contributed by atoms with van der Waals surface area (Å²) in [7, 11) is 0. The van der Waals surface area contributed by atoms with Crippen LogP contribution < -0.4 is 14.8 Å². The fourth-order valence-electron chi connectivity index (χ4n) is 3.80. The number of urea groups is 1. The maximum absolute atomic E-state index is 13.1. The van der Waals surface area contributed by atoms with Crippen LogP contribution in [0.25, 0.3) is 0 Å². The van der Waals surface area contributed by atoms with Gasteiger partial charge in [0.1, 0.15) is 13.2 Å². The molecule has 2 aliphatic rings. The molecule has 0 radical (unpaired) electrons. The highest BCUT2D eigenvalue weighted by atomic mass is 16.6. The van der Waals surface area contributed by atoms with Crippen molar-refractivity contribution in [1.82, 2.24) is 4.90 Å². The summed E-state index contributed by atoms with van der Waals surface area (Å²) in [6.07, 6.45) is 4.34. The Morgan fingerprint density at radius 2 is 1.78 bits per heavy atom. The normalized spacial score (nSPS) is 19.3. The molecule has 1 atom stereocenters. The molecule has 4 rings (SSSR count). The molecule has 2 heterocycles. The Kier molecular flexibility index (Phi) is 5.19. The average molecular weight is 366 g/mol. The van der Waals surface area contributed by atoms with Crippen molar-refractivity contribution in [3.63, 3.8) is 0 Å². The Morgan fingerprint density at radius 1 is 1.00 bits per heavy atom. The lowest BCUT2D eigenvalue weighted by atomic mass is 10.00. The van der Waals surface area contributed by atoms with Crippen LogP contribution in [0.3, 0.4) is 0 Å². The summed E-state index contributed by atoms with van der Waals surface area (Å²) < 4.78 is 11.2. The summed E-state index contributed by atoms with van der Waals surface area (Å²) in [5.74, 6) is 1.41. The Hall–Kier alpha value is -2.69. The molecule has 142 valence electrons. The quantitative estimate of drug-likeness (QED) is 0.821. The predicted molar refractivity (Wildman–Crippen MR) is 106 cm³/mol. The minimum Gasteiger partial charge on any atom is -0.486 e. The largest absolute Gasteiger partial charge is 0.486 e. The first-order valence-electron chi connectivity index (χ1n) is 9.74. The molecule has 0 unspecified atom stereocenters. The van der Waals surface area contributed by atoms with E-state index in [0.29, 0.717) is 19.0 Å². The zero-order valence-electron chi connectivity index (χ0n) is 15.7. The highest BCUT2D eigenvalue weighted by molar-refractivity contribution is 5.90. The van der Waals surface area contributed by atoms with Crippen LogP contribution >= 0.6 is 0 Å². The average Bonchev–Trinajstić information content (AvgIpc) is 2.95. The van der Waals surface area contributed by atoms with Gasteiger partial charge in [-0.2, -0.15) is 0 Å². The zero-order chi connectivity index (χ0) is 18.6. The predicted octanol–water partition coefficient (Wildman–Crippen LogP) is 4.92. The van der Waals surface area contributed by atoms with Gasteiger partial charge in [-0.1, -0.05) is 42.7 Å². The summed E-state index contributed by atoms with van der Waals surface area (Å²) >= 11 is 0. The number of amides is 2. The fraction of sp³-hybridized carbons (Fsp3) is 0.409. The van der Waals surface area contributed by atoms with Crippen LogP contribution in [0.2, 0.25) is 0 Å². The lowest BCUT2D eigenvalue weighted by molar-refractivity contribution is 0.171. The second kappa shape index (κ2) is 7.91. The van der Waals surface area contributed by atoms with Crippen LogP contribution in [0.4, 0.5) is 10.5 Å². The lowest BCUT2D eigenvalue weighted by Crippen LogP contribution is -2.38. The second-order valence-corrected chi connectivity index (χ2v) is 7.26. The van der Waals surface area contributed by atoms with Crippen molar-refractivity contribution in [1.29, 1.82) is 0 Å². The number of aryl methyl sites for hydroxylation is 1. The van der Waals surface area contributed by atoms with Gasteiger partial charge in [-0.05, 0) is 37.5 Å². The summed E-state index contributed by atoms with van der Waals surface area (Å²) in [6.45, 7) is 3.95. The number of hydrogen-bond acceptors (Lipinski definition) is 3. The first-order valence-corrected chi connectivity index (χ1v) is 9.74. The van der Waals surface area contributed by atoms with Gasteiger partial charge in [-0.3, -0.25) is 0 Å². The highest BCUT2D eigenvalue weighted by Crippen LogP contribution is 2.34. The molecule has 0 bridgehead atoms. The number of rotatable bonds is 2. The van der Waals surface area contributed by atoms with Gasteiger partial charge in [-0.25, -0.2) is 4.79 Å². The third-order valence-corrected chi connectivity index (χ3v) is 5.27. The van der Waals surface area contributed by atoms with Crippen LogP contribution in [-0.2, 0) is 0 Å². The minimum atomic E-state index is -0.0563. The van der Waals surface area contributed by atoms with Gasteiger partial charge in [0.2, 0.25) is 0 Å². The molecule has 1 N–H and O–H groups in total. The van der Waals surface area contributed by atoms with Gasteiger partial charge < -0.3 is 19.7 Å². The monoisotopic (exact) mass is 366 g/mol. The van der Waals surface area contributed by atoms with Crippen molar-refractivity contribution in [3.8, 4) is 11.5 Å². The Morgan fingerprint density at radius 3 is 2.59 bits per heavy atom. The van der Waals surface area contributed by atoms with Gasteiger partial charge in [-0.15, -0.1) is 0 Å². The first kappa shape index (κ1) is 17.7. The smallest absolute Gasteiger partial charge is 0.322 e. The van der Waals surface area contributed by atoms with Crippen LogP contribution in [0, 0.1) is 6.92 Å². The molecule has 0 aliphatic carbocycles. The Bertz CT molecular complexity index is 804. The fourth-order valence-corrected chi connectivity index (χ4v) is 3.80. The number of benzene rings is 2. The number of likely N-dealkylation sites (tertiary alicyclic amines) is 1. The maximum atomic E-state index is 13.1. The molecule has 1 fully saturated rings. The lowest BCUT2D eigenvalue weighted by Gasteiger charge is -2.31. The van der Waals surface area contributed by atoms with Crippen molar-refractivity contribution in [2.24, 2.45) is 0 Å². The van der Waals surface area contributed by atoms with Gasteiger partial charge in [0.15, 0.2) is 11.5 Å².